The van der Waals surface area contributed by atoms with Crippen molar-refractivity contribution in [2.45, 2.75) is 6.04 Å². The maximum Gasteiger partial charge on any atom is 0.330 e. The summed E-state index contributed by atoms with van der Waals surface area (Å²) in [6, 6.07) is -0.869. The molecule has 0 bridgehead atoms. The van der Waals surface area contributed by atoms with Crippen LogP contribution in [-0.2, 0) is 14.3 Å². The summed E-state index contributed by atoms with van der Waals surface area (Å²) in [5, 5.41) is 4.24. The van der Waals surface area contributed by atoms with Gasteiger partial charge in [0.1, 0.15) is 16.6 Å². The minimum Gasteiger partial charge on any atom is -0.481 e. The molecule has 100 valence electrons. The smallest absolute Gasteiger partial charge is 0.330 e. The Kier molecular flexibility index (Phi) is 2.67. The number of nitrogens with one attached hydrogen (secondary N) is 1. The van der Waals surface area contributed by atoms with Gasteiger partial charge in [0.2, 0.25) is 0 Å². The van der Waals surface area contributed by atoms with E-state index in [-0.39, 0.29) is 19.1 Å². The molecule has 2 aliphatic rings. The molecule has 1 aromatic rings. The second kappa shape index (κ2) is 4.23. The predicted octanol–water partition coefficient (Wildman–Crippen LogP) is -0.242. The lowest BCUT2D eigenvalue weighted by atomic mass is 10.2. The predicted molar refractivity (Wildman–Crippen MR) is 65.4 cm³/mol. The van der Waals surface area contributed by atoms with Crippen LogP contribution in [0.4, 0.5) is 5.69 Å². The van der Waals surface area contributed by atoms with Crippen molar-refractivity contribution in [1.82, 2.24) is 5.32 Å². The molecule has 0 aliphatic carbocycles. The van der Waals surface area contributed by atoms with Gasteiger partial charge in [-0.1, -0.05) is 0 Å². The van der Waals surface area contributed by atoms with Gasteiger partial charge in [0.25, 0.3) is 11.8 Å². The third-order valence-corrected chi connectivity index (χ3v) is 3.96. The maximum absolute atomic E-state index is 12.0. The summed E-state index contributed by atoms with van der Waals surface area (Å²) in [4.78, 5) is 37.3. The van der Waals surface area contributed by atoms with Gasteiger partial charge in [-0.3, -0.25) is 9.59 Å². The average molecular weight is 282 g/mol. The van der Waals surface area contributed by atoms with Crippen LogP contribution in [0.2, 0.25) is 0 Å². The van der Waals surface area contributed by atoms with Gasteiger partial charge >= 0.3 is 5.97 Å². The molecule has 0 saturated heterocycles. The van der Waals surface area contributed by atoms with Crippen LogP contribution in [0.15, 0.2) is 5.38 Å². The van der Waals surface area contributed by atoms with Gasteiger partial charge in [0.15, 0.2) is 12.4 Å². The number of hydrogen-bond donors (Lipinski definition) is 1. The van der Waals surface area contributed by atoms with Crippen LogP contribution >= 0.6 is 11.3 Å². The first kappa shape index (κ1) is 12.0. The van der Waals surface area contributed by atoms with E-state index in [0.717, 1.165) is 0 Å². The van der Waals surface area contributed by atoms with Crippen LogP contribution in [0.5, 0.6) is 5.75 Å². The molecule has 7 nitrogen and oxygen atoms in total. The van der Waals surface area contributed by atoms with Crippen molar-refractivity contribution in [3.8, 4) is 5.75 Å². The van der Waals surface area contributed by atoms with Crippen LogP contribution < -0.4 is 15.0 Å². The maximum atomic E-state index is 12.0. The molecule has 0 fully saturated rings. The summed E-state index contributed by atoms with van der Waals surface area (Å²) < 4.78 is 9.90. The number of amides is 2. The van der Waals surface area contributed by atoms with Gasteiger partial charge in [-0.25, -0.2) is 4.79 Å². The van der Waals surface area contributed by atoms with Crippen LogP contribution in [0.1, 0.15) is 9.67 Å². The van der Waals surface area contributed by atoms with Crippen molar-refractivity contribution in [2.75, 3.05) is 25.2 Å². The Morgan fingerprint density at radius 3 is 3.11 bits per heavy atom. The molecule has 8 heteroatoms. The highest BCUT2D eigenvalue weighted by Crippen LogP contribution is 2.41. The number of methoxy groups -OCH3 is 1. The van der Waals surface area contributed by atoms with Gasteiger partial charge in [-0.2, -0.15) is 0 Å². The highest BCUT2D eigenvalue weighted by molar-refractivity contribution is 7.13. The van der Waals surface area contributed by atoms with Crippen molar-refractivity contribution in [3.05, 3.63) is 10.3 Å². The summed E-state index contributed by atoms with van der Waals surface area (Å²) in [6.07, 6.45) is 0. The van der Waals surface area contributed by atoms with Crippen molar-refractivity contribution in [1.29, 1.82) is 0 Å². The van der Waals surface area contributed by atoms with Crippen molar-refractivity contribution in [3.63, 3.8) is 0 Å². The topological polar surface area (TPSA) is 84.9 Å². The molecule has 0 unspecified atom stereocenters. The summed E-state index contributed by atoms with van der Waals surface area (Å²) in [5.74, 6) is -0.760. The van der Waals surface area contributed by atoms with Crippen LogP contribution in [0, 0.1) is 0 Å². The van der Waals surface area contributed by atoms with Crippen LogP contribution in [0.25, 0.3) is 0 Å². The average Bonchev–Trinajstić information content (AvgIpc) is 2.77. The normalized spacial score (nSPS) is 21.1. The number of thiophene rings is 1. The third-order valence-electron chi connectivity index (χ3n) is 3.02. The number of esters is 1. The monoisotopic (exact) mass is 282 g/mol. The third kappa shape index (κ3) is 1.75. The Balaban J connectivity index is 2.06. The molecule has 0 spiro atoms. The number of carbonyl (C=O) groups is 3. The Hall–Kier alpha value is -2.09. The molecule has 1 aromatic heterocycles. The molecule has 3 rings (SSSR count). The fourth-order valence-corrected chi connectivity index (χ4v) is 3.01. The first-order valence-corrected chi connectivity index (χ1v) is 6.43. The molecule has 0 radical (unpaired) electrons. The Labute approximate surface area is 112 Å². The number of carbonyl (C=O) groups excluding carboxylic acids is 3. The second-order valence-electron chi connectivity index (χ2n) is 4.12. The van der Waals surface area contributed by atoms with Gasteiger partial charge in [-0.05, 0) is 0 Å². The number of ether oxygens (including phenoxy) is 2. The van der Waals surface area contributed by atoms with Crippen LogP contribution in [-0.4, -0.2) is 44.1 Å². The molecular formula is C11H10N2O5S. The number of anilines is 1. The van der Waals surface area contributed by atoms with E-state index >= 15 is 0 Å². The first-order valence-electron chi connectivity index (χ1n) is 5.55. The first-order chi connectivity index (χ1) is 9.11. The minimum absolute atomic E-state index is 0.0529. The van der Waals surface area contributed by atoms with E-state index in [1.165, 1.54) is 23.3 Å². The van der Waals surface area contributed by atoms with E-state index in [0.29, 0.717) is 16.3 Å². The summed E-state index contributed by atoms with van der Waals surface area (Å²) in [5.41, 5.74) is 0.449. The molecule has 2 amide bonds. The lowest BCUT2D eigenvalue weighted by Gasteiger charge is -2.28. The fraction of sp³-hybridized carbons (Fsp3) is 0.364. The zero-order valence-corrected chi connectivity index (χ0v) is 10.8. The molecule has 2 aliphatic heterocycles. The number of nitrogens with zero attached hydrogens (tertiary/aromatic N) is 1. The van der Waals surface area contributed by atoms with Gasteiger partial charge < -0.3 is 19.7 Å². The largest absolute Gasteiger partial charge is 0.481 e. The molecule has 1 atom stereocenters. The molecule has 1 N–H and O–H groups in total. The van der Waals surface area contributed by atoms with E-state index in [9.17, 15) is 14.4 Å². The Morgan fingerprint density at radius 1 is 1.58 bits per heavy atom. The molecular weight excluding hydrogens is 272 g/mol. The lowest BCUT2D eigenvalue weighted by Crippen LogP contribution is -2.49. The van der Waals surface area contributed by atoms with E-state index in [1.807, 2.05) is 0 Å². The number of hydrogen-bond acceptors (Lipinski definition) is 6. The van der Waals surface area contributed by atoms with Crippen molar-refractivity contribution >= 4 is 34.8 Å². The van der Waals surface area contributed by atoms with E-state index in [2.05, 4.69) is 10.1 Å². The standard InChI is InChI=1S/C11H10N2O5S/c1-17-11(16)5-2-13-7(14)3-18-6-4-19-9(8(6)13)10(15)12-5/h4-5H,2-3H2,1H3,(H,12,15)/t5-/m0/s1. The highest BCUT2D eigenvalue weighted by Gasteiger charge is 2.39. The summed E-state index contributed by atoms with van der Waals surface area (Å²) in [7, 11) is 1.24. The Morgan fingerprint density at radius 2 is 2.37 bits per heavy atom. The Bertz CT molecular complexity index is 582. The van der Waals surface area contributed by atoms with E-state index in [4.69, 9.17) is 4.74 Å². The molecule has 3 heterocycles. The van der Waals surface area contributed by atoms with Gasteiger partial charge in [-0.15, -0.1) is 11.3 Å². The quantitative estimate of drug-likeness (QED) is 0.718. The number of rotatable bonds is 1. The van der Waals surface area contributed by atoms with E-state index in [1.54, 1.807) is 5.38 Å². The minimum atomic E-state index is -0.869. The van der Waals surface area contributed by atoms with E-state index < -0.39 is 17.9 Å². The van der Waals surface area contributed by atoms with Crippen LogP contribution in [0.3, 0.4) is 0 Å². The summed E-state index contributed by atoms with van der Waals surface area (Å²) in [6.45, 7) is -0.0391. The van der Waals surface area contributed by atoms with Gasteiger partial charge in [0, 0.05) is 5.38 Å². The van der Waals surface area contributed by atoms with Crippen molar-refractivity contribution in [2.24, 2.45) is 0 Å². The molecule has 0 aromatic carbocycles. The second-order valence-corrected chi connectivity index (χ2v) is 5.00. The summed E-state index contributed by atoms with van der Waals surface area (Å²) >= 11 is 1.18. The fourth-order valence-electron chi connectivity index (χ4n) is 2.12. The van der Waals surface area contributed by atoms with Gasteiger partial charge in [0.05, 0.1) is 13.7 Å². The molecule has 0 saturated carbocycles. The SMILES string of the molecule is COC(=O)[C@@H]1CN2C(=O)COc3csc(c32)C(=O)N1. The highest BCUT2D eigenvalue weighted by atomic mass is 32.1. The molecule has 19 heavy (non-hydrogen) atoms. The van der Waals surface area contributed by atoms with Crippen molar-refractivity contribution < 1.29 is 23.9 Å². The zero-order valence-electron chi connectivity index (χ0n) is 9.97. The lowest BCUT2D eigenvalue weighted by molar-refractivity contribution is -0.142. The zero-order chi connectivity index (χ0) is 13.6.